The first-order valence-electron chi connectivity index (χ1n) is 10.0. The van der Waals surface area contributed by atoms with Crippen LogP contribution in [0.1, 0.15) is 39.6 Å². The molecule has 8 nitrogen and oxygen atoms in total. The third-order valence-electron chi connectivity index (χ3n) is 4.50. The van der Waals surface area contributed by atoms with E-state index in [2.05, 4.69) is 20.6 Å². The Bertz CT molecular complexity index is 1180. The summed E-state index contributed by atoms with van der Waals surface area (Å²) < 4.78 is 56.3. The van der Waals surface area contributed by atoms with Crippen molar-refractivity contribution in [3.05, 3.63) is 57.6 Å². The van der Waals surface area contributed by atoms with Gasteiger partial charge in [0.15, 0.2) is 5.01 Å². The van der Waals surface area contributed by atoms with Crippen molar-refractivity contribution >= 4 is 40.5 Å². The van der Waals surface area contributed by atoms with Crippen LogP contribution in [0.3, 0.4) is 0 Å². The number of halogens is 5. The number of oxazole rings is 1. The number of carbonyl (C=O) groups is 3. The summed E-state index contributed by atoms with van der Waals surface area (Å²) in [4.78, 5) is 44.8. The van der Waals surface area contributed by atoms with Crippen LogP contribution in [0.2, 0.25) is 5.02 Å². The molecule has 0 fully saturated rings. The van der Waals surface area contributed by atoms with Crippen LogP contribution < -0.4 is 10.6 Å². The zero-order chi connectivity index (χ0) is 25.6. The van der Waals surface area contributed by atoms with Gasteiger partial charge in [0.25, 0.3) is 5.91 Å². The molecule has 2 heterocycles. The molecule has 1 unspecified atom stereocenters. The number of hydrogen-bond acceptors (Lipinski definition) is 7. The maximum atomic E-state index is 13.5. The smallest absolute Gasteiger partial charge is 0.389 e. The van der Waals surface area contributed by atoms with E-state index in [1.807, 2.05) is 0 Å². The van der Waals surface area contributed by atoms with Crippen LogP contribution in [0.25, 0.3) is 11.5 Å². The summed E-state index contributed by atoms with van der Waals surface area (Å²) in [5.41, 5.74) is 0.189. The van der Waals surface area contributed by atoms with E-state index in [0.29, 0.717) is 0 Å². The molecule has 3 rings (SSSR count). The molecule has 0 aliphatic rings. The molecule has 14 heteroatoms. The minimum Gasteiger partial charge on any atom is -0.431 e. The molecule has 1 aromatic carbocycles. The zero-order valence-corrected chi connectivity index (χ0v) is 19.3. The fourth-order valence-corrected chi connectivity index (χ4v) is 3.81. The van der Waals surface area contributed by atoms with Gasteiger partial charge in [0.2, 0.25) is 23.3 Å². The highest BCUT2D eigenvalue weighted by Gasteiger charge is 2.29. The molecule has 2 N–H and O–H groups in total. The van der Waals surface area contributed by atoms with Crippen molar-refractivity contribution in [2.75, 3.05) is 6.54 Å². The van der Waals surface area contributed by atoms with E-state index >= 15 is 0 Å². The van der Waals surface area contributed by atoms with Crippen LogP contribution >= 0.6 is 22.9 Å². The first kappa shape index (κ1) is 26.3. The van der Waals surface area contributed by atoms with Gasteiger partial charge >= 0.3 is 6.18 Å². The van der Waals surface area contributed by atoms with E-state index in [1.54, 1.807) is 0 Å². The number of aromatic nitrogens is 2. The predicted octanol–water partition coefficient (Wildman–Crippen LogP) is 4.42. The number of nitrogens with zero attached hydrogens (tertiary/aromatic N) is 2. The lowest BCUT2D eigenvalue weighted by molar-refractivity contribution is -0.135. The fourth-order valence-electron chi connectivity index (χ4n) is 2.95. The molecule has 2 aromatic heterocycles. The molecule has 0 bridgehead atoms. The van der Waals surface area contributed by atoms with Crippen LogP contribution in [0.15, 0.2) is 40.4 Å². The zero-order valence-electron chi connectivity index (χ0n) is 17.7. The standard InChI is InChI=1S/C21H17ClF4N4O4S/c22-12-6-11(7-13(23)8-12)19-29-9-15(34-19)18(33)28-10-16(31)30-14(2-1-3-21(24,25)26)17(32)20-27-4-5-35-20/h4-9,14H,1-3,10H2,(H,28,33)(H,30,31). The lowest BCUT2D eigenvalue weighted by Crippen LogP contribution is -2.45. The van der Waals surface area contributed by atoms with Crippen molar-refractivity contribution in [1.29, 1.82) is 0 Å². The molecule has 0 aliphatic heterocycles. The number of thiazole rings is 1. The normalized spacial score (nSPS) is 12.3. The van der Waals surface area contributed by atoms with E-state index in [4.69, 9.17) is 16.0 Å². The first-order chi connectivity index (χ1) is 16.5. The minimum atomic E-state index is -4.40. The number of carbonyl (C=O) groups excluding carboxylic acids is 3. The third kappa shape index (κ3) is 7.86. The first-order valence-corrected chi connectivity index (χ1v) is 11.3. The van der Waals surface area contributed by atoms with Gasteiger partial charge in [-0.15, -0.1) is 11.3 Å². The van der Waals surface area contributed by atoms with E-state index in [9.17, 15) is 31.9 Å². The topological polar surface area (TPSA) is 114 Å². The van der Waals surface area contributed by atoms with Crippen molar-refractivity contribution in [3.63, 3.8) is 0 Å². The van der Waals surface area contributed by atoms with Gasteiger partial charge in [0, 0.05) is 28.6 Å². The van der Waals surface area contributed by atoms with Crippen molar-refractivity contribution in [1.82, 2.24) is 20.6 Å². The van der Waals surface area contributed by atoms with Gasteiger partial charge in [0.05, 0.1) is 18.8 Å². The Hall–Kier alpha value is -3.32. The maximum absolute atomic E-state index is 13.5. The molecule has 0 saturated heterocycles. The Kier molecular flexibility index (Phi) is 8.57. The predicted molar refractivity (Wildman–Crippen MR) is 118 cm³/mol. The highest BCUT2D eigenvalue weighted by Crippen LogP contribution is 2.25. The van der Waals surface area contributed by atoms with Gasteiger partial charge < -0.3 is 15.1 Å². The van der Waals surface area contributed by atoms with Crippen molar-refractivity contribution in [2.45, 2.75) is 31.5 Å². The van der Waals surface area contributed by atoms with Crippen LogP contribution in [0.4, 0.5) is 17.6 Å². The van der Waals surface area contributed by atoms with Crippen LogP contribution in [-0.4, -0.2) is 46.3 Å². The van der Waals surface area contributed by atoms with Crippen LogP contribution in [0, 0.1) is 5.82 Å². The number of rotatable bonds is 10. The molecular formula is C21H17ClF4N4O4S. The van der Waals surface area contributed by atoms with Gasteiger partial charge in [-0.3, -0.25) is 14.4 Å². The molecule has 0 radical (unpaired) electrons. The van der Waals surface area contributed by atoms with Crippen molar-refractivity contribution in [2.24, 2.45) is 0 Å². The quantitative estimate of drug-likeness (QED) is 0.295. The summed E-state index contributed by atoms with van der Waals surface area (Å²) in [6.07, 6.45) is -3.75. The lowest BCUT2D eigenvalue weighted by atomic mass is 10.1. The number of amides is 2. The Labute approximate surface area is 204 Å². The van der Waals surface area contributed by atoms with Crippen molar-refractivity contribution in [3.8, 4) is 11.5 Å². The molecule has 3 aromatic rings. The van der Waals surface area contributed by atoms with E-state index in [1.165, 1.54) is 17.6 Å². The Morgan fingerprint density at radius 3 is 2.60 bits per heavy atom. The Morgan fingerprint density at radius 1 is 1.17 bits per heavy atom. The second-order valence-corrected chi connectivity index (χ2v) is 8.53. The van der Waals surface area contributed by atoms with Gasteiger partial charge in [-0.1, -0.05) is 11.6 Å². The molecule has 1 atom stereocenters. The molecule has 0 aliphatic carbocycles. The molecule has 0 saturated carbocycles. The summed E-state index contributed by atoms with van der Waals surface area (Å²) >= 11 is 6.78. The summed E-state index contributed by atoms with van der Waals surface area (Å²) in [5, 5.41) is 6.25. The van der Waals surface area contributed by atoms with Gasteiger partial charge in [-0.2, -0.15) is 13.2 Å². The van der Waals surface area contributed by atoms with E-state index in [-0.39, 0.29) is 40.1 Å². The van der Waals surface area contributed by atoms with Gasteiger partial charge in [0.1, 0.15) is 5.82 Å². The summed E-state index contributed by atoms with van der Waals surface area (Å²) in [6.45, 7) is -0.596. The number of alkyl halides is 3. The number of Topliss-reactive ketones (excluding diaryl/α,β-unsaturated/α-hetero) is 1. The summed E-state index contributed by atoms with van der Waals surface area (Å²) in [6, 6.07) is 2.31. The average Bonchev–Trinajstić information content (AvgIpc) is 3.47. The summed E-state index contributed by atoms with van der Waals surface area (Å²) in [5.74, 6) is -3.27. The lowest BCUT2D eigenvalue weighted by Gasteiger charge is -2.17. The highest BCUT2D eigenvalue weighted by atomic mass is 35.5. The highest BCUT2D eigenvalue weighted by molar-refractivity contribution is 7.11. The molecular weight excluding hydrogens is 516 g/mol. The molecule has 2 amide bonds. The molecule has 35 heavy (non-hydrogen) atoms. The number of nitrogens with one attached hydrogen (secondary N) is 2. The summed E-state index contributed by atoms with van der Waals surface area (Å²) in [7, 11) is 0. The fraction of sp³-hybridized carbons (Fsp3) is 0.286. The largest absolute Gasteiger partial charge is 0.431 e. The maximum Gasteiger partial charge on any atom is 0.389 e. The third-order valence-corrected chi connectivity index (χ3v) is 5.50. The number of benzene rings is 1. The molecule has 186 valence electrons. The minimum absolute atomic E-state index is 0.0398. The van der Waals surface area contributed by atoms with E-state index < -0.39 is 48.6 Å². The van der Waals surface area contributed by atoms with Crippen molar-refractivity contribution < 1.29 is 36.4 Å². The number of ketones is 1. The van der Waals surface area contributed by atoms with E-state index in [0.717, 1.165) is 29.7 Å². The second kappa shape index (κ2) is 11.4. The van der Waals surface area contributed by atoms with Crippen LogP contribution in [-0.2, 0) is 4.79 Å². The van der Waals surface area contributed by atoms with Gasteiger partial charge in [-0.05, 0) is 31.0 Å². The second-order valence-electron chi connectivity index (χ2n) is 7.20. The van der Waals surface area contributed by atoms with Crippen LogP contribution in [0.5, 0.6) is 0 Å². The Balaban J connectivity index is 1.58. The average molecular weight is 533 g/mol. The SMILES string of the molecule is O=C(CNC(=O)c1cnc(-c2cc(F)cc(Cl)c2)o1)NC(CCCC(F)(F)F)C(=O)c1nccs1. The Morgan fingerprint density at radius 2 is 1.94 bits per heavy atom. The number of hydrogen-bond donors (Lipinski definition) is 2. The molecule has 0 spiro atoms. The van der Waals surface area contributed by atoms with Gasteiger partial charge in [-0.25, -0.2) is 14.4 Å². The monoisotopic (exact) mass is 532 g/mol.